The van der Waals surface area contributed by atoms with Gasteiger partial charge in [-0.15, -0.1) is 0 Å². The fourth-order valence-corrected chi connectivity index (χ4v) is 7.92. The molecular formula is C29H21F2N3O5S2. The van der Waals surface area contributed by atoms with E-state index in [1.807, 2.05) is 0 Å². The Morgan fingerprint density at radius 1 is 0.902 bits per heavy atom. The van der Waals surface area contributed by atoms with E-state index >= 15 is 0 Å². The zero-order valence-electron chi connectivity index (χ0n) is 21.4. The number of halogens is 2. The number of amides is 3. The summed E-state index contributed by atoms with van der Waals surface area (Å²) in [6.07, 6.45) is 0. The van der Waals surface area contributed by atoms with E-state index in [4.69, 9.17) is 4.74 Å². The number of thioether (sulfide) groups is 1. The van der Waals surface area contributed by atoms with Gasteiger partial charge >= 0.3 is 4.87 Å². The second kappa shape index (κ2) is 10.6. The molecule has 8 nitrogen and oxygen atoms in total. The lowest BCUT2D eigenvalue weighted by molar-refractivity contribution is -0.122. The second-order valence-corrected chi connectivity index (χ2v) is 11.6. The SMILES string of the molecule is COc1ccc(NC(=O)Cn2c3c(sc2=O)[C@@H](c2ccc(F)cc2)[C@@H]2C(=O)N(c4ccc(F)cc4)C(=O)[C@@H]2S3)cc1. The Morgan fingerprint density at radius 2 is 1.54 bits per heavy atom. The average Bonchev–Trinajstić information content (AvgIpc) is 3.40. The molecule has 0 saturated carbocycles. The summed E-state index contributed by atoms with van der Waals surface area (Å²) in [5.74, 6) is -3.46. The summed E-state index contributed by atoms with van der Waals surface area (Å²) in [6.45, 7) is -0.318. The Labute approximate surface area is 240 Å². The number of carbonyl (C=O) groups excluding carboxylic acids is 3. The van der Waals surface area contributed by atoms with E-state index in [2.05, 4.69) is 5.32 Å². The van der Waals surface area contributed by atoms with Crippen LogP contribution in [0.25, 0.3) is 0 Å². The Morgan fingerprint density at radius 3 is 2.17 bits per heavy atom. The lowest BCUT2D eigenvalue weighted by Crippen LogP contribution is -2.33. The first-order chi connectivity index (χ1) is 19.7. The number of thiazole rings is 1. The van der Waals surface area contributed by atoms with Gasteiger partial charge in [0.25, 0.3) is 0 Å². The molecule has 0 spiro atoms. The van der Waals surface area contributed by atoms with Gasteiger partial charge < -0.3 is 10.1 Å². The minimum atomic E-state index is -0.917. The van der Waals surface area contributed by atoms with Crippen molar-refractivity contribution in [3.05, 3.63) is 105 Å². The third kappa shape index (κ3) is 4.82. The molecule has 41 heavy (non-hydrogen) atoms. The maximum atomic E-state index is 13.8. The predicted octanol–water partition coefficient (Wildman–Crippen LogP) is 4.63. The number of hydrogen-bond acceptors (Lipinski definition) is 7. The number of aromatic nitrogens is 1. The number of benzene rings is 3. The fourth-order valence-electron chi connectivity index (χ4n) is 5.15. The van der Waals surface area contributed by atoms with Crippen molar-refractivity contribution in [3.63, 3.8) is 0 Å². The predicted molar refractivity (Wildman–Crippen MR) is 150 cm³/mol. The van der Waals surface area contributed by atoms with Gasteiger partial charge in [-0.2, -0.15) is 0 Å². The van der Waals surface area contributed by atoms with Crippen LogP contribution in [0.3, 0.4) is 0 Å². The molecule has 3 aromatic carbocycles. The normalized spacial score (nSPS) is 19.6. The highest BCUT2D eigenvalue weighted by molar-refractivity contribution is 8.00. The van der Waals surface area contributed by atoms with Crippen LogP contribution >= 0.6 is 23.1 Å². The maximum absolute atomic E-state index is 13.8. The van der Waals surface area contributed by atoms with Crippen LogP contribution in [-0.2, 0) is 20.9 Å². The lowest BCUT2D eigenvalue weighted by Gasteiger charge is -2.30. The van der Waals surface area contributed by atoms with Gasteiger partial charge in [-0.05, 0) is 66.2 Å². The molecule has 0 bridgehead atoms. The zero-order chi connectivity index (χ0) is 28.8. The minimum Gasteiger partial charge on any atom is -0.497 e. The summed E-state index contributed by atoms with van der Waals surface area (Å²) in [7, 11) is 1.53. The van der Waals surface area contributed by atoms with Gasteiger partial charge in [0.1, 0.15) is 29.2 Å². The topological polar surface area (TPSA) is 97.7 Å². The van der Waals surface area contributed by atoms with Crippen molar-refractivity contribution in [2.45, 2.75) is 22.7 Å². The number of methoxy groups -OCH3 is 1. The van der Waals surface area contributed by atoms with E-state index in [1.165, 1.54) is 60.2 Å². The molecule has 12 heteroatoms. The van der Waals surface area contributed by atoms with Crippen LogP contribution in [0.2, 0.25) is 0 Å². The smallest absolute Gasteiger partial charge is 0.308 e. The van der Waals surface area contributed by atoms with Crippen molar-refractivity contribution in [1.82, 2.24) is 4.57 Å². The molecule has 3 amide bonds. The number of ether oxygens (including phenoxy) is 1. The van der Waals surface area contributed by atoms with E-state index in [1.54, 1.807) is 24.3 Å². The molecule has 1 saturated heterocycles. The number of rotatable bonds is 6. The van der Waals surface area contributed by atoms with Crippen molar-refractivity contribution < 1.29 is 27.9 Å². The number of fused-ring (bicyclic) bond motifs is 2. The molecule has 0 radical (unpaired) electrons. The van der Waals surface area contributed by atoms with Crippen molar-refractivity contribution in [3.8, 4) is 5.75 Å². The third-order valence-corrected chi connectivity index (χ3v) is 9.64. The molecular weight excluding hydrogens is 572 g/mol. The monoisotopic (exact) mass is 593 g/mol. The van der Waals surface area contributed by atoms with Crippen LogP contribution < -0.4 is 19.8 Å². The number of nitrogens with one attached hydrogen (secondary N) is 1. The van der Waals surface area contributed by atoms with Crippen molar-refractivity contribution >= 4 is 52.2 Å². The van der Waals surface area contributed by atoms with Gasteiger partial charge in [-0.3, -0.25) is 23.7 Å². The summed E-state index contributed by atoms with van der Waals surface area (Å²) in [5.41, 5.74) is 1.30. The maximum Gasteiger partial charge on any atom is 0.308 e. The largest absolute Gasteiger partial charge is 0.497 e. The minimum absolute atomic E-state index is 0.230. The summed E-state index contributed by atoms with van der Waals surface area (Å²) >= 11 is 1.95. The van der Waals surface area contributed by atoms with Crippen LogP contribution in [0.15, 0.2) is 82.6 Å². The van der Waals surface area contributed by atoms with Gasteiger partial charge in [0.05, 0.1) is 23.7 Å². The first kappa shape index (κ1) is 26.9. The number of anilines is 2. The number of imide groups is 1. The number of carbonyl (C=O) groups is 3. The molecule has 1 aromatic heterocycles. The van der Waals surface area contributed by atoms with Gasteiger partial charge in [-0.25, -0.2) is 13.7 Å². The quantitative estimate of drug-likeness (QED) is 0.328. The van der Waals surface area contributed by atoms with Gasteiger partial charge in [0.15, 0.2) is 0 Å². The molecule has 2 aliphatic rings. The molecule has 208 valence electrons. The fraction of sp³-hybridized carbons (Fsp3) is 0.172. The first-order valence-corrected chi connectivity index (χ1v) is 14.2. The van der Waals surface area contributed by atoms with E-state index in [-0.39, 0.29) is 12.2 Å². The standard InChI is InChI=1S/C29H21F2N3O5S2/c1-39-20-12-8-18(9-13-20)32-21(35)14-33-28-25(41-29(33)38)22(15-2-4-16(30)5-3-15)23-24(40-28)27(37)34(26(23)36)19-10-6-17(31)7-11-19/h2-13,22-24H,14H2,1H3,(H,32,35)/t22-,23-,24+/m0/s1. The third-order valence-electron chi connectivity index (χ3n) is 7.04. The highest BCUT2D eigenvalue weighted by Crippen LogP contribution is 2.53. The summed E-state index contributed by atoms with van der Waals surface area (Å²) in [5, 5.41) is 2.24. The molecule has 3 heterocycles. The summed E-state index contributed by atoms with van der Waals surface area (Å²) < 4.78 is 33.9. The average molecular weight is 594 g/mol. The Balaban J connectivity index is 1.38. The summed E-state index contributed by atoms with van der Waals surface area (Å²) in [6, 6.07) is 17.3. The van der Waals surface area contributed by atoms with Crippen LogP contribution in [0, 0.1) is 17.6 Å². The van der Waals surface area contributed by atoms with Gasteiger partial charge in [0.2, 0.25) is 17.7 Å². The first-order valence-electron chi connectivity index (χ1n) is 12.5. The van der Waals surface area contributed by atoms with Crippen molar-refractivity contribution in [2.75, 3.05) is 17.3 Å². The van der Waals surface area contributed by atoms with E-state index in [0.29, 0.717) is 26.9 Å². The zero-order valence-corrected chi connectivity index (χ0v) is 23.0. The highest BCUT2D eigenvalue weighted by Gasteiger charge is 2.56. The van der Waals surface area contributed by atoms with Crippen molar-refractivity contribution in [2.24, 2.45) is 5.92 Å². The Hall–Kier alpha value is -4.29. The van der Waals surface area contributed by atoms with Crippen LogP contribution in [0.4, 0.5) is 20.2 Å². The van der Waals surface area contributed by atoms with Crippen LogP contribution in [-0.4, -0.2) is 34.6 Å². The lowest BCUT2D eigenvalue weighted by atomic mass is 9.83. The molecule has 3 atom stereocenters. The molecule has 6 rings (SSSR count). The van der Waals surface area contributed by atoms with E-state index in [9.17, 15) is 28.0 Å². The molecule has 4 aromatic rings. The van der Waals surface area contributed by atoms with Crippen LogP contribution in [0.1, 0.15) is 16.4 Å². The molecule has 0 unspecified atom stereocenters. The van der Waals surface area contributed by atoms with Crippen molar-refractivity contribution in [1.29, 1.82) is 0 Å². The van der Waals surface area contributed by atoms with Gasteiger partial charge in [0, 0.05) is 16.5 Å². The number of hydrogen-bond donors (Lipinski definition) is 1. The van der Waals surface area contributed by atoms with E-state index < -0.39 is 51.3 Å². The molecule has 0 aliphatic carbocycles. The van der Waals surface area contributed by atoms with E-state index in [0.717, 1.165) is 28.0 Å². The Kier molecular flexibility index (Phi) is 6.96. The second-order valence-electron chi connectivity index (χ2n) is 9.48. The number of nitrogens with zero attached hydrogens (tertiary/aromatic N) is 2. The summed E-state index contributed by atoms with van der Waals surface area (Å²) in [4.78, 5) is 54.8. The van der Waals surface area contributed by atoms with Crippen LogP contribution in [0.5, 0.6) is 5.75 Å². The highest BCUT2D eigenvalue weighted by atomic mass is 32.2. The molecule has 1 N–H and O–H groups in total. The Bertz CT molecular complexity index is 1720. The molecule has 1 fully saturated rings. The van der Waals surface area contributed by atoms with Gasteiger partial charge in [-0.1, -0.05) is 35.2 Å². The molecule has 2 aliphatic heterocycles.